The van der Waals surface area contributed by atoms with Crippen LogP contribution >= 0.6 is 7.92 Å². The van der Waals surface area contributed by atoms with Gasteiger partial charge in [-0.1, -0.05) is 0 Å². The number of hydrogen-bond donors (Lipinski definition) is 0. The van der Waals surface area contributed by atoms with Gasteiger partial charge in [-0.05, 0) is 0 Å². The Hall–Kier alpha value is -3.11. The summed E-state index contributed by atoms with van der Waals surface area (Å²) in [5.74, 6) is 3.79. The van der Waals surface area contributed by atoms with Crippen molar-refractivity contribution in [3.63, 3.8) is 0 Å². The molecule has 0 bridgehead atoms. The monoisotopic (exact) mass is 574 g/mol. The van der Waals surface area contributed by atoms with Gasteiger partial charge >= 0.3 is 215 Å². The second kappa shape index (κ2) is 11.5. The fourth-order valence-electron chi connectivity index (χ4n) is 4.58. The van der Waals surface area contributed by atoms with E-state index in [1.54, 1.807) is 0 Å². The first-order valence-electron chi connectivity index (χ1n) is 11.9. The van der Waals surface area contributed by atoms with Crippen LogP contribution in [0.5, 0.6) is 0 Å². The average Bonchev–Trinajstić information content (AvgIpc) is 2.96. The van der Waals surface area contributed by atoms with Gasteiger partial charge in [-0.3, -0.25) is 0 Å². The van der Waals surface area contributed by atoms with E-state index in [2.05, 4.69) is 162 Å². The molecule has 2 heteroatoms. The molecule has 168 valence electrons. The number of benzene rings is 5. The van der Waals surface area contributed by atoms with E-state index in [-0.39, 0.29) is 0 Å². The fourth-order valence-corrected chi connectivity index (χ4v) is 18.0. The summed E-state index contributed by atoms with van der Waals surface area (Å²) in [6.45, 7) is 0. The summed E-state index contributed by atoms with van der Waals surface area (Å²) in [4.78, 5) is 0. The normalized spacial score (nSPS) is 11.0. The molecule has 0 aliphatic carbocycles. The van der Waals surface area contributed by atoms with E-state index in [1.165, 1.54) is 21.3 Å². The summed E-state index contributed by atoms with van der Waals surface area (Å²) < 4.78 is 8.22. The van der Waals surface area contributed by atoms with Crippen LogP contribution in [0.15, 0.2) is 152 Å². The molecule has 0 aliphatic heterocycles. The summed E-state index contributed by atoms with van der Waals surface area (Å²) in [6, 6.07) is 54.8. The van der Waals surface area contributed by atoms with E-state index in [9.17, 15) is 0 Å². The summed E-state index contributed by atoms with van der Waals surface area (Å²) in [6.07, 6.45) is 0.856. The van der Waals surface area contributed by atoms with E-state index >= 15 is 0 Å². The second-order valence-corrected chi connectivity index (χ2v) is 20.6. The van der Waals surface area contributed by atoms with Crippen molar-refractivity contribution in [2.75, 3.05) is 6.16 Å². The van der Waals surface area contributed by atoms with Crippen molar-refractivity contribution in [3.05, 3.63) is 152 Å². The van der Waals surface area contributed by atoms with Gasteiger partial charge in [-0.2, -0.15) is 0 Å². The van der Waals surface area contributed by atoms with Crippen molar-refractivity contribution in [1.29, 1.82) is 0 Å². The Labute approximate surface area is 214 Å². The van der Waals surface area contributed by atoms with Crippen LogP contribution in [0.2, 0.25) is 0 Å². The van der Waals surface area contributed by atoms with Crippen LogP contribution in [-0.2, 0) is 0 Å². The zero-order valence-electron chi connectivity index (χ0n) is 19.6. The van der Waals surface area contributed by atoms with E-state index < -0.39 is 26.3 Å². The molecule has 0 nitrogen and oxygen atoms in total. The number of hydrogen-bond acceptors (Lipinski definition) is 0. The minimum absolute atomic E-state index is 0.551. The van der Waals surface area contributed by atoms with E-state index in [0.29, 0.717) is 0 Å². The third-order valence-electron chi connectivity index (χ3n) is 6.27. The predicted molar refractivity (Wildman–Crippen MR) is 156 cm³/mol. The Balaban J connectivity index is 1.66. The van der Waals surface area contributed by atoms with Crippen LogP contribution in [-0.4, -0.2) is 24.5 Å². The Kier molecular flexibility index (Phi) is 7.79. The van der Waals surface area contributed by atoms with Crippen LogP contribution in [0.25, 0.3) is 0 Å². The van der Waals surface area contributed by atoms with Crippen LogP contribution in [0, 0.1) is 9.86 Å². The third kappa shape index (κ3) is 5.28. The van der Waals surface area contributed by atoms with Gasteiger partial charge in [0.15, 0.2) is 0 Å². The average molecular weight is 573 g/mol. The molecule has 5 rings (SSSR count). The minimum atomic E-state index is -3.57. The van der Waals surface area contributed by atoms with Gasteiger partial charge in [-0.15, -0.1) is 0 Å². The molecule has 0 unspecified atom stereocenters. The predicted octanol–water partition coefficient (Wildman–Crippen LogP) is 4.83. The van der Waals surface area contributed by atoms with Crippen molar-refractivity contribution >= 4 is 47.6 Å². The quantitative estimate of drug-likeness (QED) is 0.155. The molecule has 0 N–H and O–H groups in total. The molecule has 0 amide bonds. The van der Waals surface area contributed by atoms with Crippen molar-refractivity contribution < 1.29 is 0 Å². The van der Waals surface area contributed by atoms with Gasteiger partial charge in [0, 0.05) is 0 Å². The molecule has 0 saturated carbocycles. The molecule has 0 heterocycles. The van der Waals surface area contributed by atoms with Crippen molar-refractivity contribution in [2.24, 2.45) is 0 Å². The van der Waals surface area contributed by atoms with Crippen LogP contribution in [0.4, 0.5) is 0 Å². The molecule has 0 atom stereocenters. The first-order chi connectivity index (χ1) is 17.4. The molecule has 5 aromatic carbocycles. The summed E-state index contributed by atoms with van der Waals surface area (Å²) >= 11 is -3.57. The van der Waals surface area contributed by atoms with Gasteiger partial charge in [0.1, 0.15) is 0 Å². The molecular formula is C33H27PSn. The van der Waals surface area contributed by atoms with Gasteiger partial charge in [0.2, 0.25) is 0 Å². The molecule has 0 radical (unpaired) electrons. The zero-order valence-corrected chi connectivity index (χ0v) is 23.3. The van der Waals surface area contributed by atoms with Gasteiger partial charge < -0.3 is 0 Å². The van der Waals surface area contributed by atoms with Crippen LogP contribution in [0.3, 0.4) is 0 Å². The molecule has 0 aromatic heterocycles. The van der Waals surface area contributed by atoms with Crippen molar-refractivity contribution in [3.8, 4) is 9.86 Å². The first kappa shape index (κ1) is 23.6. The molecule has 0 fully saturated rings. The third-order valence-corrected chi connectivity index (χ3v) is 20.4. The SMILES string of the molecule is C(#[C][Sn]([c]1ccccc1)([c]1ccccc1)[c]1ccccc1)CP(c1ccccc1)c1ccccc1. The number of rotatable bonds is 6. The van der Waals surface area contributed by atoms with Crippen molar-refractivity contribution in [2.45, 2.75) is 0 Å². The Bertz CT molecular complexity index is 1250. The molecular weight excluding hydrogens is 546 g/mol. The van der Waals surface area contributed by atoms with E-state index in [0.717, 1.165) is 6.16 Å². The topological polar surface area (TPSA) is 0 Å². The summed E-state index contributed by atoms with van der Waals surface area (Å²) in [5.41, 5.74) is 0. The Morgan fingerprint density at radius 2 is 0.743 bits per heavy atom. The van der Waals surface area contributed by atoms with Crippen LogP contribution < -0.4 is 21.3 Å². The van der Waals surface area contributed by atoms with Gasteiger partial charge in [-0.25, -0.2) is 0 Å². The first-order valence-corrected chi connectivity index (χ1v) is 19.2. The molecule has 0 aliphatic rings. The molecule has 5 aromatic rings. The van der Waals surface area contributed by atoms with Gasteiger partial charge in [0.05, 0.1) is 0 Å². The van der Waals surface area contributed by atoms with Crippen LogP contribution in [0.1, 0.15) is 0 Å². The maximum absolute atomic E-state index is 4.03. The summed E-state index contributed by atoms with van der Waals surface area (Å²) in [7, 11) is -0.551. The maximum atomic E-state index is 4.03. The fraction of sp³-hybridized carbons (Fsp3) is 0.0303. The second-order valence-electron chi connectivity index (χ2n) is 8.41. The molecule has 0 spiro atoms. The molecule has 0 saturated heterocycles. The zero-order chi connectivity index (χ0) is 23.8. The summed E-state index contributed by atoms with van der Waals surface area (Å²) in [5, 5.41) is 2.76. The van der Waals surface area contributed by atoms with Gasteiger partial charge in [0.25, 0.3) is 0 Å². The Morgan fingerprint density at radius 1 is 0.429 bits per heavy atom. The molecule has 35 heavy (non-hydrogen) atoms. The van der Waals surface area contributed by atoms with Crippen molar-refractivity contribution in [1.82, 2.24) is 0 Å². The van der Waals surface area contributed by atoms with E-state index in [1.807, 2.05) is 0 Å². The van der Waals surface area contributed by atoms with E-state index in [4.69, 9.17) is 0 Å². The Morgan fingerprint density at radius 3 is 1.09 bits per heavy atom. The standard InChI is InChI=1S/C15H12P.3C6H5.Sn/c1-2-13-16(14-9-5-3-6-10-14)15-11-7-4-8-12-15;3*1-2-4-6-5-3-1;/h3-12H,13H2;3*1-5H;.